The molecule has 0 bridgehead atoms. The average molecular weight is 381 g/mol. The number of para-hydroxylation sites is 1. The molecule has 1 aliphatic rings. The SMILES string of the molecule is CCc1ccccc1N1CCN(C(=O)C(C)Oc2cccc(C(C)C)c2)CC1. The molecule has 0 radical (unpaired) electrons. The summed E-state index contributed by atoms with van der Waals surface area (Å²) >= 11 is 0. The van der Waals surface area contributed by atoms with Gasteiger partial charge in [-0.25, -0.2) is 0 Å². The lowest BCUT2D eigenvalue weighted by Crippen LogP contribution is -2.52. The summed E-state index contributed by atoms with van der Waals surface area (Å²) in [6, 6.07) is 16.6. The quantitative estimate of drug-likeness (QED) is 0.740. The Hall–Kier alpha value is -2.49. The van der Waals surface area contributed by atoms with Crippen LogP contribution < -0.4 is 9.64 Å². The van der Waals surface area contributed by atoms with Crippen molar-refractivity contribution in [1.29, 1.82) is 0 Å². The minimum absolute atomic E-state index is 0.0679. The van der Waals surface area contributed by atoms with Crippen LogP contribution in [0.4, 0.5) is 5.69 Å². The molecule has 4 nitrogen and oxygen atoms in total. The summed E-state index contributed by atoms with van der Waals surface area (Å²) in [5, 5.41) is 0. The van der Waals surface area contributed by atoms with Crippen LogP contribution in [-0.4, -0.2) is 43.1 Å². The lowest BCUT2D eigenvalue weighted by molar-refractivity contribution is -0.138. The van der Waals surface area contributed by atoms with E-state index in [9.17, 15) is 4.79 Å². The van der Waals surface area contributed by atoms with Crippen LogP contribution in [-0.2, 0) is 11.2 Å². The summed E-state index contributed by atoms with van der Waals surface area (Å²) in [6.07, 6.45) is 0.548. The zero-order chi connectivity index (χ0) is 20.1. The summed E-state index contributed by atoms with van der Waals surface area (Å²) in [5.74, 6) is 1.27. The first-order chi connectivity index (χ1) is 13.5. The van der Waals surface area contributed by atoms with Crippen LogP contribution in [0.25, 0.3) is 0 Å². The zero-order valence-electron chi connectivity index (χ0n) is 17.5. The molecular formula is C24H32N2O2. The normalized spacial score (nSPS) is 15.6. The van der Waals surface area contributed by atoms with Gasteiger partial charge in [-0.15, -0.1) is 0 Å². The lowest BCUT2D eigenvalue weighted by atomic mass is 10.0. The van der Waals surface area contributed by atoms with E-state index in [-0.39, 0.29) is 5.91 Å². The second kappa shape index (κ2) is 9.13. The van der Waals surface area contributed by atoms with Crippen molar-refractivity contribution >= 4 is 11.6 Å². The first-order valence-electron chi connectivity index (χ1n) is 10.4. The summed E-state index contributed by atoms with van der Waals surface area (Å²) in [5.41, 5.74) is 3.89. The van der Waals surface area contributed by atoms with Gasteiger partial charge in [0, 0.05) is 31.9 Å². The van der Waals surface area contributed by atoms with Gasteiger partial charge in [-0.05, 0) is 48.6 Å². The highest BCUT2D eigenvalue weighted by atomic mass is 16.5. The summed E-state index contributed by atoms with van der Waals surface area (Å²) < 4.78 is 5.96. The van der Waals surface area contributed by atoms with E-state index >= 15 is 0 Å². The number of carbonyl (C=O) groups is 1. The maximum Gasteiger partial charge on any atom is 0.263 e. The Morgan fingerprint density at radius 2 is 1.71 bits per heavy atom. The Bertz CT molecular complexity index is 795. The number of carbonyl (C=O) groups excluding carboxylic acids is 1. The molecule has 28 heavy (non-hydrogen) atoms. The maximum absolute atomic E-state index is 12.9. The second-order valence-corrected chi connectivity index (χ2v) is 7.78. The molecule has 150 valence electrons. The van der Waals surface area contributed by atoms with Crippen LogP contribution >= 0.6 is 0 Å². The molecule has 0 saturated carbocycles. The Morgan fingerprint density at radius 1 is 1.00 bits per heavy atom. The molecule has 0 aliphatic carbocycles. The lowest BCUT2D eigenvalue weighted by Gasteiger charge is -2.37. The molecule has 1 atom stereocenters. The monoisotopic (exact) mass is 380 g/mol. The average Bonchev–Trinajstić information content (AvgIpc) is 2.73. The van der Waals surface area contributed by atoms with E-state index in [1.165, 1.54) is 16.8 Å². The van der Waals surface area contributed by atoms with Crippen molar-refractivity contribution in [2.45, 2.75) is 46.1 Å². The predicted octanol–water partition coefficient (Wildman–Crippen LogP) is 4.49. The van der Waals surface area contributed by atoms with Crippen LogP contribution in [0.5, 0.6) is 5.75 Å². The molecule has 4 heteroatoms. The van der Waals surface area contributed by atoms with E-state index < -0.39 is 6.10 Å². The Kier molecular flexibility index (Phi) is 6.61. The van der Waals surface area contributed by atoms with Crippen LogP contribution in [0.15, 0.2) is 48.5 Å². The number of benzene rings is 2. The molecule has 2 aromatic carbocycles. The number of rotatable bonds is 6. The van der Waals surface area contributed by atoms with Crippen molar-refractivity contribution in [3.05, 3.63) is 59.7 Å². The van der Waals surface area contributed by atoms with E-state index in [0.717, 1.165) is 38.3 Å². The highest BCUT2D eigenvalue weighted by Crippen LogP contribution is 2.24. The summed E-state index contributed by atoms with van der Waals surface area (Å²) in [7, 11) is 0. The summed E-state index contributed by atoms with van der Waals surface area (Å²) in [4.78, 5) is 17.2. The summed E-state index contributed by atoms with van der Waals surface area (Å²) in [6.45, 7) is 11.5. The van der Waals surface area contributed by atoms with Gasteiger partial charge in [-0.2, -0.15) is 0 Å². The van der Waals surface area contributed by atoms with Crippen molar-refractivity contribution in [3.63, 3.8) is 0 Å². The fraction of sp³-hybridized carbons (Fsp3) is 0.458. The Labute approximate surface area is 169 Å². The van der Waals surface area contributed by atoms with Gasteiger partial charge in [0.2, 0.25) is 0 Å². The number of ether oxygens (including phenoxy) is 1. The van der Waals surface area contributed by atoms with Crippen molar-refractivity contribution in [2.75, 3.05) is 31.1 Å². The van der Waals surface area contributed by atoms with Gasteiger partial charge in [-0.3, -0.25) is 4.79 Å². The topological polar surface area (TPSA) is 32.8 Å². The van der Waals surface area contributed by atoms with Gasteiger partial charge in [0.05, 0.1) is 0 Å². The van der Waals surface area contributed by atoms with Crippen molar-refractivity contribution in [3.8, 4) is 5.75 Å². The number of anilines is 1. The molecule has 1 saturated heterocycles. The number of hydrogen-bond donors (Lipinski definition) is 0. The van der Waals surface area contributed by atoms with Gasteiger partial charge in [0.1, 0.15) is 5.75 Å². The number of amides is 1. The molecule has 1 aliphatic heterocycles. The minimum Gasteiger partial charge on any atom is -0.481 e. The van der Waals surface area contributed by atoms with E-state index in [1.807, 2.05) is 30.0 Å². The maximum atomic E-state index is 12.9. The molecule has 0 N–H and O–H groups in total. The molecule has 1 unspecified atom stereocenters. The van der Waals surface area contributed by atoms with Crippen molar-refractivity contribution in [1.82, 2.24) is 4.90 Å². The number of aryl methyl sites for hydroxylation is 1. The first kappa shape index (κ1) is 20.2. The van der Waals surface area contributed by atoms with E-state index in [4.69, 9.17) is 4.74 Å². The van der Waals surface area contributed by atoms with Gasteiger partial charge >= 0.3 is 0 Å². The standard InChI is InChI=1S/C24H32N2O2/c1-5-20-9-6-7-12-23(20)25-13-15-26(16-14-25)24(27)19(4)28-22-11-8-10-21(17-22)18(2)3/h6-12,17-19H,5,13-16H2,1-4H3. The van der Waals surface area contributed by atoms with Crippen molar-refractivity contribution in [2.24, 2.45) is 0 Å². The van der Waals surface area contributed by atoms with E-state index in [1.54, 1.807) is 0 Å². The molecule has 1 amide bonds. The predicted molar refractivity (Wildman–Crippen MR) is 115 cm³/mol. The fourth-order valence-corrected chi connectivity index (χ4v) is 3.74. The Morgan fingerprint density at radius 3 is 2.39 bits per heavy atom. The highest BCUT2D eigenvalue weighted by Gasteiger charge is 2.26. The van der Waals surface area contributed by atoms with Crippen LogP contribution in [0.2, 0.25) is 0 Å². The second-order valence-electron chi connectivity index (χ2n) is 7.78. The van der Waals surface area contributed by atoms with Gasteiger partial charge in [0.25, 0.3) is 5.91 Å². The van der Waals surface area contributed by atoms with Gasteiger partial charge < -0.3 is 14.5 Å². The third-order valence-corrected chi connectivity index (χ3v) is 5.49. The molecule has 2 aromatic rings. The zero-order valence-corrected chi connectivity index (χ0v) is 17.5. The fourth-order valence-electron chi connectivity index (χ4n) is 3.74. The van der Waals surface area contributed by atoms with Crippen molar-refractivity contribution < 1.29 is 9.53 Å². The van der Waals surface area contributed by atoms with E-state index in [0.29, 0.717) is 5.92 Å². The molecule has 3 rings (SSSR count). The first-order valence-corrected chi connectivity index (χ1v) is 10.4. The molecule has 0 spiro atoms. The molecule has 0 aromatic heterocycles. The number of piperazine rings is 1. The molecule has 1 fully saturated rings. The van der Waals surface area contributed by atoms with Gasteiger partial charge in [0.15, 0.2) is 6.10 Å². The Balaban J connectivity index is 1.58. The highest BCUT2D eigenvalue weighted by molar-refractivity contribution is 5.81. The number of nitrogens with zero attached hydrogens (tertiary/aromatic N) is 2. The smallest absolute Gasteiger partial charge is 0.263 e. The minimum atomic E-state index is -0.475. The third kappa shape index (κ3) is 4.67. The molecular weight excluding hydrogens is 348 g/mol. The van der Waals surface area contributed by atoms with E-state index in [2.05, 4.69) is 56.0 Å². The van der Waals surface area contributed by atoms with Crippen LogP contribution in [0, 0.1) is 0 Å². The van der Waals surface area contributed by atoms with Crippen LogP contribution in [0.1, 0.15) is 44.7 Å². The van der Waals surface area contributed by atoms with Crippen LogP contribution in [0.3, 0.4) is 0 Å². The largest absolute Gasteiger partial charge is 0.481 e. The third-order valence-electron chi connectivity index (χ3n) is 5.49. The van der Waals surface area contributed by atoms with Gasteiger partial charge in [-0.1, -0.05) is 51.1 Å². The number of hydrogen-bond acceptors (Lipinski definition) is 3. The molecule has 1 heterocycles.